The van der Waals surface area contributed by atoms with Gasteiger partial charge in [0.15, 0.2) is 17.5 Å². The van der Waals surface area contributed by atoms with Gasteiger partial charge in [0.1, 0.15) is 22.3 Å². The molecule has 0 unspecified atom stereocenters. The van der Waals surface area contributed by atoms with Crippen LogP contribution >= 0.6 is 0 Å². The number of anilines is 3. The van der Waals surface area contributed by atoms with Gasteiger partial charge in [-0.3, -0.25) is 0 Å². The van der Waals surface area contributed by atoms with E-state index in [0.29, 0.717) is 17.5 Å². The Morgan fingerprint density at radius 2 is 0.833 bits per heavy atom. The second-order valence-corrected chi connectivity index (χ2v) is 16.0. The Morgan fingerprint density at radius 1 is 0.367 bits per heavy atom. The van der Waals surface area contributed by atoms with Gasteiger partial charge in [0.25, 0.3) is 0 Å². The van der Waals surface area contributed by atoms with Crippen molar-refractivity contribution in [2.45, 2.75) is 19.3 Å². The molecule has 0 atom stereocenters. The fourth-order valence-electron chi connectivity index (χ4n) is 9.11. The molecule has 12 rings (SSSR count). The van der Waals surface area contributed by atoms with E-state index in [1.54, 1.807) is 0 Å². The summed E-state index contributed by atoms with van der Waals surface area (Å²) in [6.45, 7) is 4.64. The van der Waals surface area contributed by atoms with Gasteiger partial charge in [0, 0.05) is 72.8 Å². The lowest BCUT2D eigenvalue weighted by Crippen LogP contribution is -2.16. The largest absolute Gasteiger partial charge is 0.456 e. The molecule has 284 valence electrons. The number of hydrogen-bond donors (Lipinski definition) is 0. The molecule has 8 aromatic carbocycles. The van der Waals surface area contributed by atoms with Crippen molar-refractivity contribution in [3.8, 4) is 45.3 Å². The predicted octanol–water partition coefficient (Wildman–Crippen LogP) is 14.4. The molecule has 60 heavy (non-hydrogen) atoms. The van der Waals surface area contributed by atoms with Crippen molar-refractivity contribution < 1.29 is 8.83 Å². The summed E-state index contributed by atoms with van der Waals surface area (Å²) < 4.78 is 13.2. The first-order valence-corrected chi connectivity index (χ1v) is 20.3. The van der Waals surface area contributed by atoms with Crippen molar-refractivity contribution in [1.29, 1.82) is 0 Å². The molecule has 0 amide bonds. The molecule has 0 fully saturated rings. The van der Waals surface area contributed by atoms with Crippen molar-refractivity contribution in [3.05, 3.63) is 193 Å². The van der Waals surface area contributed by atoms with Crippen LogP contribution in [0.15, 0.2) is 191 Å². The number of benzene rings is 8. The Balaban J connectivity index is 0.999. The van der Waals surface area contributed by atoms with Crippen LogP contribution in [0.2, 0.25) is 0 Å². The van der Waals surface area contributed by atoms with Crippen LogP contribution in [0.4, 0.5) is 17.1 Å². The summed E-state index contributed by atoms with van der Waals surface area (Å²) in [5.74, 6) is 1.82. The van der Waals surface area contributed by atoms with E-state index in [2.05, 4.69) is 122 Å². The van der Waals surface area contributed by atoms with Crippen LogP contribution in [0.3, 0.4) is 0 Å². The molecule has 6 heteroatoms. The zero-order chi connectivity index (χ0) is 40.0. The van der Waals surface area contributed by atoms with Crippen LogP contribution in [0.5, 0.6) is 0 Å². The number of fused-ring (bicyclic) bond motifs is 9. The minimum Gasteiger partial charge on any atom is -0.456 e. The predicted molar refractivity (Wildman–Crippen MR) is 243 cm³/mol. The number of furan rings is 2. The number of para-hydroxylation sites is 1. The summed E-state index contributed by atoms with van der Waals surface area (Å²) in [5, 5.41) is 4.25. The molecule has 1 aliphatic carbocycles. The van der Waals surface area contributed by atoms with Gasteiger partial charge in [-0.1, -0.05) is 129 Å². The average Bonchev–Trinajstić information content (AvgIpc) is 3.93. The average molecular weight is 773 g/mol. The van der Waals surface area contributed by atoms with E-state index in [1.807, 2.05) is 78.9 Å². The zero-order valence-electron chi connectivity index (χ0n) is 32.9. The number of nitrogens with zero attached hydrogens (tertiary/aromatic N) is 4. The summed E-state index contributed by atoms with van der Waals surface area (Å²) >= 11 is 0. The van der Waals surface area contributed by atoms with Gasteiger partial charge in [-0.25, -0.2) is 15.0 Å². The van der Waals surface area contributed by atoms with Crippen molar-refractivity contribution in [2.75, 3.05) is 4.90 Å². The molecule has 0 spiro atoms. The number of rotatable bonds is 6. The molecule has 0 N–H and O–H groups in total. The number of hydrogen-bond acceptors (Lipinski definition) is 6. The second-order valence-electron chi connectivity index (χ2n) is 16.0. The molecule has 0 saturated heterocycles. The lowest BCUT2D eigenvalue weighted by molar-refractivity contribution is 0.660. The third-order valence-electron chi connectivity index (χ3n) is 12.1. The lowest BCUT2D eigenvalue weighted by atomic mass is 9.82. The van der Waals surface area contributed by atoms with Gasteiger partial charge in [-0.2, -0.15) is 0 Å². The van der Waals surface area contributed by atoms with Gasteiger partial charge in [0.05, 0.1) is 0 Å². The lowest BCUT2D eigenvalue weighted by Gasteiger charge is -2.28. The van der Waals surface area contributed by atoms with Crippen LogP contribution < -0.4 is 4.90 Å². The van der Waals surface area contributed by atoms with E-state index in [9.17, 15) is 0 Å². The highest BCUT2D eigenvalue weighted by Crippen LogP contribution is 2.51. The van der Waals surface area contributed by atoms with Crippen molar-refractivity contribution >= 4 is 60.9 Å². The first kappa shape index (κ1) is 34.2. The first-order chi connectivity index (χ1) is 29.5. The molecule has 0 aliphatic heterocycles. The zero-order valence-corrected chi connectivity index (χ0v) is 32.9. The maximum absolute atomic E-state index is 6.75. The van der Waals surface area contributed by atoms with E-state index in [1.165, 1.54) is 22.3 Å². The Labute approximate surface area is 346 Å². The molecular formula is C54H36N4O2. The van der Waals surface area contributed by atoms with Gasteiger partial charge in [-0.05, 0) is 76.9 Å². The van der Waals surface area contributed by atoms with E-state index in [4.69, 9.17) is 23.8 Å². The Kier molecular flexibility index (Phi) is 7.47. The smallest absolute Gasteiger partial charge is 0.164 e. The molecule has 0 saturated carbocycles. The van der Waals surface area contributed by atoms with E-state index < -0.39 is 0 Å². The van der Waals surface area contributed by atoms with E-state index >= 15 is 0 Å². The SMILES string of the molecule is CC1(C)c2ccccc2-c2ccc(N(c3ccc4c(c3)oc3ccccc34)c3ccc4c(c3)oc3cc(-c5nc(-c6ccccc6)nc(-c6ccccc6)n5)ccc34)cc21. The minimum absolute atomic E-state index is 0.154. The quantitative estimate of drug-likeness (QED) is 0.168. The number of aromatic nitrogens is 3. The molecule has 1 aliphatic rings. The standard InChI is InChI=1S/C54H36N4O2/c1-54(2)45-19-11-9-17-39(45)40-26-22-36(30-46(40)54)58(37-23-27-43-41-18-10-12-20-47(41)59-49(43)31-37)38-24-28-44-42-25-21-35(29-48(42)60-50(44)32-38)53-56-51(33-13-5-3-6-14-33)55-52(57-53)34-15-7-4-8-16-34/h3-32H,1-2H3. The van der Waals surface area contributed by atoms with E-state index in [-0.39, 0.29) is 5.41 Å². The highest BCUT2D eigenvalue weighted by atomic mass is 16.3. The molecule has 11 aromatic rings. The molecule has 6 nitrogen and oxygen atoms in total. The second kappa shape index (κ2) is 13.1. The first-order valence-electron chi connectivity index (χ1n) is 20.3. The van der Waals surface area contributed by atoms with Gasteiger partial charge < -0.3 is 13.7 Å². The molecule has 0 bridgehead atoms. The minimum atomic E-state index is -0.154. The fourth-order valence-corrected chi connectivity index (χ4v) is 9.11. The molecule has 3 aromatic heterocycles. The van der Waals surface area contributed by atoms with Crippen molar-refractivity contribution in [1.82, 2.24) is 15.0 Å². The Bertz CT molecular complexity index is 3420. The van der Waals surface area contributed by atoms with Crippen molar-refractivity contribution in [2.24, 2.45) is 0 Å². The monoisotopic (exact) mass is 772 g/mol. The summed E-state index contributed by atoms with van der Waals surface area (Å²) in [4.78, 5) is 17.1. The Morgan fingerprint density at radius 3 is 1.50 bits per heavy atom. The fraction of sp³-hybridized carbons (Fsp3) is 0.0556. The van der Waals surface area contributed by atoms with Crippen LogP contribution in [-0.2, 0) is 5.41 Å². The summed E-state index contributed by atoms with van der Waals surface area (Å²) in [5.41, 5.74) is 14.1. The van der Waals surface area contributed by atoms with Gasteiger partial charge >= 0.3 is 0 Å². The van der Waals surface area contributed by atoms with Crippen LogP contribution in [0.25, 0.3) is 89.2 Å². The third kappa shape index (κ3) is 5.38. The highest BCUT2D eigenvalue weighted by molar-refractivity contribution is 6.08. The maximum Gasteiger partial charge on any atom is 0.164 e. The highest BCUT2D eigenvalue weighted by Gasteiger charge is 2.36. The summed E-state index contributed by atoms with van der Waals surface area (Å²) in [6, 6.07) is 63.2. The van der Waals surface area contributed by atoms with Crippen LogP contribution in [-0.4, -0.2) is 15.0 Å². The molecular weight excluding hydrogens is 737 g/mol. The van der Waals surface area contributed by atoms with Gasteiger partial charge in [-0.15, -0.1) is 0 Å². The van der Waals surface area contributed by atoms with Crippen LogP contribution in [0.1, 0.15) is 25.0 Å². The molecule has 3 heterocycles. The maximum atomic E-state index is 6.75. The van der Waals surface area contributed by atoms with E-state index in [0.717, 1.165) is 77.6 Å². The van der Waals surface area contributed by atoms with Crippen LogP contribution in [0, 0.1) is 0 Å². The topological polar surface area (TPSA) is 68.2 Å². The summed E-state index contributed by atoms with van der Waals surface area (Å²) in [6.07, 6.45) is 0. The van der Waals surface area contributed by atoms with Gasteiger partial charge in [0.2, 0.25) is 0 Å². The Hall–Kier alpha value is -7.83. The summed E-state index contributed by atoms with van der Waals surface area (Å²) in [7, 11) is 0. The normalized spacial score (nSPS) is 13.0. The third-order valence-corrected chi connectivity index (χ3v) is 12.1. The van der Waals surface area contributed by atoms with Crippen molar-refractivity contribution in [3.63, 3.8) is 0 Å². The molecule has 0 radical (unpaired) electrons.